The summed E-state index contributed by atoms with van der Waals surface area (Å²) in [6, 6.07) is 5.33. The van der Waals surface area contributed by atoms with Crippen LogP contribution in [0.2, 0.25) is 10.3 Å². The second kappa shape index (κ2) is 5.73. The number of nitrogens with one attached hydrogen (secondary N) is 1. The molecule has 4 nitrogen and oxygen atoms in total. The second-order valence-electron chi connectivity index (χ2n) is 3.31. The normalized spacial score (nSPS) is 10.2. The zero-order chi connectivity index (χ0) is 13.1. The van der Waals surface area contributed by atoms with Crippen LogP contribution in [0.1, 0.15) is 0 Å². The Balaban J connectivity index is 2.28. The van der Waals surface area contributed by atoms with Crippen molar-refractivity contribution in [1.82, 2.24) is 9.97 Å². The summed E-state index contributed by atoms with van der Waals surface area (Å²) in [7, 11) is 1.56. The van der Waals surface area contributed by atoms with Gasteiger partial charge in [0.2, 0.25) is 5.28 Å². The van der Waals surface area contributed by atoms with E-state index in [2.05, 4.69) is 31.2 Å². The Labute approximate surface area is 122 Å². The van der Waals surface area contributed by atoms with E-state index in [9.17, 15) is 0 Å². The van der Waals surface area contributed by atoms with Crippen LogP contribution in [0, 0.1) is 0 Å². The maximum atomic E-state index is 6.03. The minimum atomic E-state index is 0.167. The molecule has 1 heterocycles. The summed E-state index contributed by atoms with van der Waals surface area (Å²) < 4.78 is 5.78. The van der Waals surface area contributed by atoms with Crippen molar-refractivity contribution in [2.75, 3.05) is 12.4 Å². The van der Waals surface area contributed by atoms with Crippen LogP contribution in [0.4, 0.5) is 11.5 Å². The largest absolute Gasteiger partial charge is 0.495 e. The van der Waals surface area contributed by atoms with Crippen molar-refractivity contribution in [1.29, 1.82) is 0 Å². The molecule has 0 atom stereocenters. The van der Waals surface area contributed by atoms with Gasteiger partial charge in [0.05, 0.1) is 16.6 Å². The predicted octanol–water partition coefficient (Wildman–Crippen LogP) is 4.30. The second-order valence-corrected chi connectivity index (χ2v) is 4.91. The molecule has 0 unspecified atom stereocenters. The van der Waals surface area contributed by atoms with Crippen LogP contribution >= 0.6 is 39.1 Å². The minimum absolute atomic E-state index is 0.167. The molecule has 0 spiro atoms. The molecule has 7 heteroatoms. The molecule has 0 amide bonds. The Hall–Kier alpha value is -1.04. The van der Waals surface area contributed by atoms with Gasteiger partial charge in [-0.1, -0.05) is 11.6 Å². The number of halogens is 3. The molecule has 0 aliphatic carbocycles. The highest BCUT2D eigenvalue weighted by Gasteiger charge is 2.06. The Morgan fingerprint density at radius 3 is 2.78 bits per heavy atom. The van der Waals surface area contributed by atoms with Gasteiger partial charge in [0.25, 0.3) is 0 Å². The van der Waals surface area contributed by atoms with Gasteiger partial charge in [-0.2, -0.15) is 4.98 Å². The highest BCUT2D eigenvalue weighted by atomic mass is 79.9. The highest BCUT2D eigenvalue weighted by Crippen LogP contribution is 2.30. The van der Waals surface area contributed by atoms with E-state index < -0.39 is 0 Å². The van der Waals surface area contributed by atoms with Crippen molar-refractivity contribution in [2.45, 2.75) is 0 Å². The topological polar surface area (TPSA) is 47.0 Å². The number of hydrogen-bond donors (Lipinski definition) is 1. The van der Waals surface area contributed by atoms with Gasteiger partial charge in [-0.15, -0.1) is 0 Å². The molecular formula is C11H8BrCl2N3O. The predicted molar refractivity (Wildman–Crippen MR) is 76.0 cm³/mol. The first-order chi connectivity index (χ1) is 8.60. The number of nitrogens with zero attached hydrogens (tertiary/aromatic N) is 2. The monoisotopic (exact) mass is 347 g/mol. The van der Waals surface area contributed by atoms with Crippen molar-refractivity contribution in [3.8, 4) is 5.75 Å². The summed E-state index contributed by atoms with van der Waals surface area (Å²) in [5.74, 6) is 1.18. The van der Waals surface area contributed by atoms with E-state index in [0.717, 1.165) is 5.69 Å². The third-order valence-electron chi connectivity index (χ3n) is 2.13. The molecule has 0 fully saturated rings. The van der Waals surface area contributed by atoms with Crippen LogP contribution in [0.15, 0.2) is 28.9 Å². The number of hydrogen-bond acceptors (Lipinski definition) is 4. The Kier molecular flexibility index (Phi) is 4.27. The van der Waals surface area contributed by atoms with E-state index in [1.54, 1.807) is 25.4 Å². The molecule has 1 N–H and O–H groups in total. The number of methoxy groups -OCH3 is 1. The van der Waals surface area contributed by atoms with Gasteiger partial charge in [-0.05, 0) is 45.7 Å². The molecule has 0 aliphatic heterocycles. The van der Waals surface area contributed by atoms with Crippen LogP contribution in [0.25, 0.3) is 0 Å². The molecule has 1 aromatic heterocycles. The van der Waals surface area contributed by atoms with Crippen molar-refractivity contribution in [2.24, 2.45) is 0 Å². The minimum Gasteiger partial charge on any atom is -0.495 e. The van der Waals surface area contributed by atoms with E-state index in [1.165, 1.54) is 0 Å². The average Bonchev–Trinajstić information content (AvgIpc) is 2.34. The average molecular weight is 349 g/mol. The van der Waals surface area contributed by atoms with Crippen LogP contribution in [0.5, 0.6) is 5.75 Å². The summed E-state index contributed by atoms with van der Waals surface area (Å²) in [5.41, 5.74) is 0.774. The fraction of sp³-hybridized carbons (Fsp3) is 0.0909. The number of rotatable bonds is 3. The summed E-state index contributed by atoms with van der Waals surface area (Å²) >= 11 is 15.1. The maximum absolute atomic E-state index is 6.03. The number of anilines is 2. The van der Waals surface area contributed by atoms with Gasteiger partial charge >= 0.3 is 0 Å². The quantitative estimate of drug-likeness (QED) is 0.840. The molecule has 0 radical (unpaired) electrons. The van der Waals surface area contributed by atoms with E-state index in [4.69, 9.17) is 27.9 Å². The standard InChI is InChI=1S/C11H8BrCl2N3O/c1-18-9-3-2-6(4-8(9)13)16-10-7(12)5-15-11(14)17-10/h2-5H,1H3,(H,15,16,17). The zero-order valence-corrected chi connectivity index (χ0v) is 12.3. The lowest BCUT2D eigenvalue weighted by Crippen LogP contribution is -1.96. The molecule has 2 aromatic rings. The summed E-state index contributed by atoms with van der Waals surface area (Å²) in [6.45, 7) is 0. The van der Waals surface area contributed by atoms with Crippen LogP contribution in [-0.2, 0) is 0 Å². The van der Waals surface area contributed by atoms with Gasteiger partial charge in [0, 0.05) is 11.9 Å². The van der Waals surface area contributed by atoms with Gasteiger partial charge < -0.3 is 10.1 Å². The molecule has 0 aliphatic rings. The van der Waals surface area contributed by atoms with Crippen molar-refractivity contribution >= 4 is 50.6 Å². The first-order valence-electron chi connectivity index (χ1n) is 4.89. The fourth-order valence-corrected chi connectivity index (χ4v) is 2.00. The highest BCUT2D eigenvalue weighted by molar-refractivity contribution is 9.10. The number of ether oxygens (including phenoxy) is 1. The molecule has 0 saturated carbocycles. The van der Waals surface area contributed by atoms with Gasteiger partial charge in [-0.3, -0.25) is 0 Å². The van der Waals surface area contributed by atoms with Crippen molar-refractivity contribution < 1.29 is 4.74 Å². The van der Waals surface area contributed by atoms with Crippen molar-refractivity contribution in [3.63, 3.8) is 0 Å². The molecule has 2 rings (SSSR count). The smallest absolute Gasteiger partial charge is 0.224 e. The summed E-state index contributed by atoms with van der Waals surface area (Å²) in [4.78, 5) is 7.91. The third kappa shape index (κ3) is 3.04. The van der Waals surface area contributed by atoms with Crippen LogP contribution < -0.4 is 10.1 Å². The SMILES string of the molecule is COc1ccc(Nc2nc(Cl)ncc2Br)cc1Cl. The molecular weight excluding hydrogens is 341 g/mol. The molecule has 1 aromatic carbocycles. The summed E-state index contributed by atoms with van der Waals surface area (Å²) in [5, 5.41) is 3.76. The molecule has 94 valence electrons. The fourth-order valence-electron chi connectivity index (χ4n) is 1.31. The molecule has 18 heavy (non-hydrogen) atoms. The van der Waals surface area contributed by atoms with Gasteiger partial charge in [-0.25, -0.2) is 4.98 Å². The molecule has 0 saturated heterocycles. The van der Waals surface area contributed by atoms with E-state index >= 15 is 0 Å². The Bertz CT molecular complexity index is 580. The van der Waals surface area contributed by atoms with E-state index in [0.29, 0.717) is 21.1 Å². The van der Waals surface area contributed by atoms with E-state index in [1.807, 2.05) is 6.07 Å². The van der Waals surface area contributed by atoms with Gasteiger partial charge in [0.1, 0.15) is 11.6 Å². The lowest BCUT2D eigenvalue weighted by atomic mass is 10.3. The Morgan fingerprint density at radius 2 is 2.11 bits per heavy atom. The van der Waals surface area contributed by atoms with E-state index in [-0.39, 0.29) is 5.28 Å². The first kappa shape index (κ1) is 13.4. The maximum Gasteiger partial charge on any atom is 0.224 e. The lowest BCUT2D eigenvalue weighted by molar-refractivity contribution is 0.415. The molecule has 0 bridgehead atoms. The third-order valence-corrected chi connectivity index (χ3v) is 3.19. The number of aromatic nitrogens is 2. The van der Waals surface area contributed by atoms with Gasteiger partial charge in [0.15, 0.2) is 0 Å². The van der Waals surface area contributed by atoms with Crippen LogP contribution in [-0.4, -0.2) is 17.1 Å². The zero-order valence-electron chi connectivity index (χ0n) is 9.25. The van der Waals surface area contributed by atoms with Crippen molar-refractivity contribution in [3.05, 3.63) is 39.2 Å². The summed E-state index contributed by atoms with van der Waals surface area (Å²) in [6.07, 6.45) is 1.57. The number of benzene rings is 1. The Morgan fingerprint density at radius 1 is 1.33 bits per heavy atom. The lowest BCUT2D eigenvalue weighted by Gasteiger charge is -2.09. The van der Waals surface area contributed by atoms with Crippen LogP contribution in [0.3, 0.4) is 0 Å². The first-order valence-corrected chi connectivity index (χ1v) is 6.43.